The Kier molecular flexibility index (Phi) is 3.49. The molecule has 0 aromatic rings. The number of aliphatic carboxylic acids is 1. The van der Waals surface area contributed by atoms with Crippen LogP contribution in [0, 0.1) is 0 Å². The van der Waals surface area contributed by atoms with Crippen molar-refractivity contribution in [3.8, 4) is 0 Å². The van der Waals surface area contributed by atoms with Gasteiger partial charge in [0.2, 0.25) is 0 Å². The van der Waals surface area contributed by atoms with Gasteiger partial charge in [0.25, 0.3) is 0 Å². The SMILES string of the molecule is CN1CCC1COCCC(=O)O. The summed E-state index contributed by atoms with van der Waals surface area (Å²) in [4.78, 5) is 12.3. The van der Waals surface area contributed by atoms with Crippen molar-refractivity contribution in [2.45, 2.75) is 18.9 Å². The fourth-order valence-electron chi connectivity index (χ4n) is 1.16. The van der Waals surface area contributed by atoms with E-state index in [4.69, 9.17) is 9.84 Å². The van der Waals surface area contributed by atoms with Gasteiger partial charge in [-0.15, -0.1) is 0 Å². The summed E-state index contributed by atoms with van der Waals surface area (Å²) in [7, 11) is 2.05. The number of likely N-dealkylation sites (tertiary alicyclic amines) is 1. The number of carbonyl (C=O) groups is 1. The normalized spacial score (nSPS) is 23.6. The van der Waals surface area contributed by atoms with Crippen molar-refractivity contribution < 1.29 is 14.6 Å². The zero-order valence-electron chi connectivity index (χ0n) is 7.32. The summed E-state index contributed by atoms with van der Waals surface area (Å²) in [6.45, 7) is 2.14. The number of ether oxygens (including phenoxy) is 1. The molecular formula is C8H15NO3. The molecule has 1 aliphatic heterocycles. The maximum Gasteiger partial charge on any atom is 0.305 e. The van der Waals surface area contributed by atoms with Crippen molar-refractivity contribution in [2.24, 2.45) is 0 Å². The highest BCUT2D eigenvalue weighted by Gasteiger charge is 2.23. The average molecular weight is 173 g/mol. The molecule has 0 radical (unpaired) electrons. The van der Waals surface area contributed by atoms with Crippen LogP contribution in [0.25, 0.3) is 0 Å². The van der Waals surface area contributed by atoms with E-state index in [1.807, 2.05) is 0 Å². The lowest BCUT2D eigenvalue weighted by molar-refractivity contribution is -0.138. The van der Waals surface area contributed by atoms with Crippen LogP contribution in [0.1, 0.15) is 12.8 Å². The van der Waals surface area contributed by atoms with Crippen LogP contribution in [0.15, 0.2) is 0 Å². The number of hydrogen-bond acceptors (Lipinski definition) is 3. The van der Waals surface area contributed by atoms with Crippen LogP contribution in [0.3, 0.4) is 0 Å². The maximum absolute atomic E-state index is 10.1. The molecule has 0 aromatic carbocycles. The highest BCUT2D eigenvalue weighted by molar-refractivity contribution is 5.66. The second kappa shape index (κ2) is 4.42. The number of hydrogen-bond donors (Lipinski definition) is 1. The summed E-state index contributed by atoms with van der Waals surface area (Å²) >= 11 is 0. The van der Waals surface area contributed by atoms with Gasteiger partial charge in [0.15, 0.2) is 0 Å². The molecule has 0 saturated carbocycles. The van der Waals surface area contributed by atoms with E-state index >= 15 is 0 Å². The Hall–Kier alpha value is -0.610. The molecule has 1 saturated heterocycles. The van der Waals surface area contributed by atoms with Crippen molar-refractivity contribution in [1.29, 1.82) is 0 Å². The lowest BCUT2D eigenvalue weighted by atomic mass is 10.1. The Balaban J connectivity index is 1.92. The Labute approximate surface area is 72.1 Å². The number of nitrogens with zero attached hydrogens (tertiary/aromatic N) is 1. The van der Waals surface area contributed by atoms with E-state index in [1.165, 1.54) is 6.42 Å². The largest absolute Gasteiger partial charge is 0.481 e. The molecule has 1 rings (SSSR count). The van der Waals surface area contributed by atoms with E-state index in [0.717, 1.165) is 6.54 Å². The van der Waals surface area contributed by atoms with Crippen molar-refractivity contribution in [3.05, 3.63) is 0 Å². The van der Waals surface area contributed by atoms with Gasteiger partial charge >= 0.3 is 5.97 Å². The molecule has 0 aromatic heterocycles. The first-order chi connectivity index (χ1) is 5.70. The molecule has 0 bridgehead atoms. The smallest absolute Gasteiger partial charge is 0.305 e. The van der Waals surface area contributed by atoms with Crippen molar-refractivity contribution in [3.63, 3.8) is 0 Å². The van der Waals surface area contributed by atoms with Gasteiger partial charge in [0.1, 0.15) is 0 Å². The zero-order chi connectivity index (χ0) is 8.97. The minimum Gasteiger partial charge on any atom is -0.481 e. The van der Waals surface area contributed by atoms with E-state index in [-0.39, 0.29) is 6.42 Å². The van der Waals surface area contributed by atoms with Crippen LogP contribution >= 0.6 is 0 Å². The third-order valence-corrected chi connectivity index (χ3v) is 2.21. The van der Waals surface area contributed by atoms with Crippen LogP contribution in [0.4, 0.5) is 0 Å². The van der Waals surface area contributed by atoms with Gasteiger partial charge in [0.05, 0.1) is 19.6 Å². The summed E-state index contributed by atoms with van der Waals surface area (Å²) < 4.78 is 5.20. The Bertz CT molecular complexity index is 160. The predicted molar refractivity (Wildman–Crippen MR) is 44.1 cm³/mol. The molecule has 1 N–H and O–H groups in total. The van der Waals surface area contributed by atoms with Crippen molar-refractivity contribution in [1.82, 2.24) is 4.90 Å². The molecule has 0 aliphatic carbocycles. The molecule has 1 fully saturated rings. The second-order valence-corrected chi connectivity index (χ2v) is 3.14. The maximum atomic E-state index is 10.1. The fourth-order valence-corrected chi connectivity index (χ4v) is 1.16. The molecular weight excluding hydrogens is 158 g/mol. The van der Waals surface area contributed by atoms with Crippen molar-refractivity contribution >= 4 is 5.97 Å². The van der Waals surface area contributed by atoms with Crippen LogP contribution in [-0.4, -0.2) is 48.8 Å². The van der Waals surface area contributed by atoms with Gasteiger partial charge in [-0.05, 0) is 20.0 Å². The zero-order valence-corrected chi connectivity index (χ0v) is 7.32. The number of rotatable bonds is 5. The van der Waals surface area contributed by atoms with Gasteiger partial charge in [-0.25, -0.2) is 0 Å². The van der Waals surface area contributed by atoms with Crippen molar-refractivity contribution in [2.75, 3.05) is 26.8 Å². The first-order valence-corrected chi connectivity index (χ1v) is 4.20. The molecule has 1 unspecified atom stereocenters. The minimum atomic E-state index is -0.794. The molecule has 1 atom stereocenters. The standard InChI is InChI=1S/C8H15NO3/c1-9-4-2-7(9)6-12-5-3-8(10)11/h7H,2-6H2,1H3,(H,10,11). The summed E-state index contributed by atoms with van der Waals surface area (Å²) in [5, 5.41) is 8.31. The molecule has 4 heteroatoms. The first-order valence-electron chi connectivity index (χ1n) is 4.20. The average Bonchev–Trinajstić information content (AvgIpc) is 2.01. The molecule has 70 valence electrons. The van der Waals surface area contributed by atoms with Gasteiger partial charge in [-0.1, -0.05) is 0 Å². The van der Waals surface area contributed by atoms with E-state index in [0.29, 0.717) is 19.3 Å². The Morgan fingerprint density at radius 1 is 1.75 bits per heavy atom. The highest BCUT2D eigenvalue weighted by atomic mass is 16.5. The van der Waals surface area contributed by atoms with E-state index in [2.05, 4.69) is 11.9 Å². The lowest BCUT2D eigenvalue weighted by Crippen LogP contribution is -2.47. The fraction of sp³-hybridized carbons (Fsp3) is 0.875. The van der Waals surface area contributed by atoms with Gasteiger partial charge in [0, 0.05) is 6.04 Å². The third kappa shape index (κ3) is 2.79. The predicted octanol–water partition coefficient (Wildman–Crippen LogP) is 0.182. The van der Waals surface area contributed by atoms with Gasteiger partial charge in [-0.2, -0.15) is 0 Å². The minimum absolute atomic E-state index is 0.108. The molecule has 0 amide bonds. The number of carboxylic acid groups (broad SMARTS) is 1. The van der Waals surface area contributed by atoms with E-state index < -0.39 is 5.97 Å². The van der Waals surface area contributed by atoms with E-state index in [9.17, 15) is 4.79 Å². The number of likely N-dealkylation sites (N-methyl/N-ethyl adjacent to an activating group) is 1. The first kappa shape index (κ1) is 9.48. The molecule has 4 nitrogen and oxygen atoms in total. The van der Waals surface area contributed by atoms with Crippen LogP contribution in [0.5, 0.6) is 0 Å². The second-order valence-electron chi connectivity index (χ2n) is 3.14. The summed E-state index contributed by atoms with van der Waals surface area (Å²) in [6, 6.07) is 0.513. The highest BCUT2D eigenvalue weighted by Crippen LogP contribution is 2.13. The quantitative estimate of drug-likeness (QED) is 0.603. The molecule has 0 spiro atoms. The van der Waals surface area contributed by atoms with E-state index in [1.54, 1.807) is 0 Å². The van der Waals surface area contributed by atoms with Crippen LogP contribution in [0.2, 0.25) is 0 Å². The van der Waals surface area contributed by atoms with Crippen LogP contribution in [-0.2, 0) is 9.53 Å². The Morgan fingerprint density at radius 3 is 2.92 bits per heavy atom. The lowest BCUT2D eigenvalue weighted by Gasteiger charge is -2.37. The number of carboxylic acids is 1. The topological polar surface area (TPSA) is 49.8 Å². The summed E-state index contributed by atoms with van der Waals surface area (Å²) in [5.74, 6) is -0.794. The monoisotopic (exact) mass is 173 g/mol. The van der Waals surface area contributed by atoms with Gasteiger partial charge < -0.3 is 14.7 Å². The molecule has 1 aliphatic rings. The Morgan fingerprint density at radius 2 is 2.50 bits per heavy atom. The molecule has 1 heterocycles. The molecule has 12 heavy (non-hydrogen) atoms. The third-order valence-electron chi connectivity index (χ3n) is 2.21. The summed E-state index contributed by atoms with van der Waals surface area (Å²) in [6.07, 6.45) is 1.28. The van der Waals surface area contributed by atoms with Crippen LogP contribution < -0.4 is 0 Å². The summed E-state index contributed by atoms with van der Waals surface area (Å²) in [5.41, 5.74) is 0. The van der Waals surface area contributed by atoms with Gasteiger partial charge in [-0.3, -0.25) is 4.79 Å².